The van der Waals surface area contributed by atoms with Gasteiger partial charge in [-0.3, -0.25) is 0 Å². The van der Waals surface area contributed by atoms with Crippen molar-refractivity contribution in [2.75, 3.05) is 7.11 Å². The van der Waals surface area contributed by atoms with Gasteiger partial charge in [-0.15, -0.1) is 45.6 Å². The highest BCUT2D eigenvalue weighted by atomic mass is 35.5. The Hall–Kier alpha value is -3.73. The van der Waals surface area contributed by atoms with Crippen molar-refractivity contribution in [2.24, 2.45) is 0 Å². The maximum Gasteiger partial charge on any atom is 0.358 e. The quantitative estimate of drug-likeness (QED) is 0.137. The number of esters is 1. The highest BCUT2D eigenvalue weighted by Gasteiger charge is 2.18. The van der Waals surface area contributed by atoms with E-state index in [1.54, 1.807) is 22.7 Å². The molecule has 0 atom stereocenters. The molecule has 0 saturated carbocycles. The number of hydrogen-bond acceptors (Lipinski definition) is 9. The van der Waals surface area contributed by atoms with Gasteiger partial charge in [-0.25, -0.2) is 19.7 Å². The van der Waals surface area contributed by atoms with Gasteiger partial charge in [0.15, 0.2) is 5.69 Å². The van der Waals surface area contributed by atoms with Crippen molar-refractivity contribution < 1.29 is 14.6 Å². The van der Waals surface area contributed by atoms with Crippen molar-refractivity contribution in [3.63, 3.8) is 0 Å². The van der Waals surface area contributed by atoms with Crippen LogP contribution in [-0.2, 0) is 17.2 Å². The van der Waals surface area contributed by atoms with Gasteiger partial charge in [0.1, 0.15) is 0 Å². The molecule has 10 heteroatoms. The fourth-order valence-electron chi connectivity index (χ4n) is 4.81. The number of aromatic nitrogens is 3. The molecule has 0 bridgehead atoms. The van der Waals surface area contributed by atoms with E-state index in [4.69, 9.17) is 16.3 Å². The number of aliphatic hydroxyl groups excluding tert-OH is 1. The average molecular weight is 704 g/mol. The summed E-state index contributed by atoms with van der Waals surface area (Å²) in [5, 5.41) is 12.1. The Morgan fingerprint density at radius 1 is 0.660 bits per heavy atom. The summed E-state index contributed by atoms with van der Waals surface area (Å²) in [4.78, 5) is 27.7. The fourth-order valence-corrected chi connectivity index (χ4v) is 7.84. The maximum absolute atomic E-state index is 11.6. The van der Waals surface area contributed by atoms with Crippen molar-refractivity contribution in [2.45, 2.75) is 54.0 Å². The molecule has 0 aliphatic heterocycles. The molecule has 1 N–H and O–H groups in total. The average Bonchev–Trinajstić information content (AvgIpc) is 3.76. The van der Waals surface area contributed by atoms with E-state index in [9.17, 15) is 9.90 Å². The van der Waals surface area contributed by atoms with Gasteiger partial charge in [0.05, 0.1) is 60.6 Å². The van der Waals surface area contributed by atoms with E-state index in [0.29, 0.717) is 11.6 Å². The molecule has 47 heavy (non-hydrogen) atoms. The Labute approximate surface area is 293 Å². The highest BCUT2D eigenvalue weighted by molar-refractivity contribution is 7.16. The van der Waals surface area contributed by atoms with Gasteiger partial charge in [-0.05, 0) is 58.2 Å². The lowest BCUT2D eigenvalue weighted by Crippen LogP contribution is -2.03. The van der Waals surface area contributed by atoms with Crippen LogP contribution < -0.4 is 0 Å². The van der Waals surface area contributed by atoms with Gasteiger partial charge in [-0.1, -0.05) is 89.5 Å². The second kappa shape index (κ2) is 16.9. The summed E-state index contributed by atoms with van der Waals surface area (Å²) in [6.45, 7) is 12.1. The number of ether oxygens (including phenoxy) is 1. The van der Waals surface area contributed by atoms with Gasteiger partial charge in [0, 0.05) is 0 Å². The van der Waals surface area contributed by atoms with Crippen molar-refractivity contribution in [3.8, 4) is 31.3 Å². The van der Waals surface area contributed by atoms with Gasteiger partial charge < -0.3 is 9.84 Å². The molecular weight excluding hydrogens is 666 g/mol. The van der Waals surface area contributed by atoms with Crippen LogP contribution in [-0.4, -0.2) is 33.1 Å². The third-order valence-electron chi connectivity index (χ3n) is 6.84. The van der Waals surface area contributed by atoms with Crippen LogP contribution in [0.1, 0.15) is 53.6 Å². The Kier molecular flexibility index (Phi) is 13.0. The number of rotatable bonds is 6. The topological polar surface area (TPSA) is 85.2 Å². The lowest BCUT2D eigenvalue weighted by Gasteiger charge is -2.01. The van der Waals surface area contributed by atoms with Crippen LogP contribution in [0.15, 0.2) is 72.8 Å². The van der Waals surface area contributed by atoms with Crippen molar-refractivity contribution in [1.82, 2.24) is 15.0 Å². The van der Waals surface area contributed by atoms with Crippen LogP contribution in [0.3, 0.4) is 0 Å². The molecule has 0 aliphatic carbocycles. The number of benzene rings is 3. The van der Waals surface area contributed by atoms with E-state index < -0.39 is 0 Å². The number of aryl methyl sites for hydroxylation is 6. The first-order valence-electron chi connectivity index (χ1n) is 14.9. The van der Waals surface area contributed by atoms with Crippen molar-refractivity contribution in [3.05, 3.63) is 122 Å². The minimum atomic E-state index is -0.383. The van der Waals surface area contributed by atoms with E-state index >= 15 is 0 Å². The fraction of sp³-hybridized carbons (Fsp3) is 0.243. The van der Waals surface area contributed by atoms with E-state index in [1.807, 2.05) is 58.0 Å². The number of halogens is 1. The molecule has 6 aromatic rings. The number of nitrogens with zero attached hydrogens (tertiary/aromatic N) is 3. The SMILES string of the molecule is COC(=O)c1nc(C)sc1-c1cccc(C)c1.Cc1cccc(-c2sc(C)nc2CCl)c1.Cc1cccc(-c2sc(C)nc2CO)c1. The third-order valence-corrected chi connectivity index (χ3v) is 10.2. The molecular formula is C37H38ClN3O3S3. The van der Waals surface area contributed by atoms with Crippen molar-refractivity contribution in [1.29, 1.82) is 0 Å². The zero-order valence-electron chi connectivity index (χ0n) is 27.6. The summed E-state index contributed by atoms with van der Waals surface area (Å²) in [5.74, 6) is 0.0963. The summed E-state index contributed by atoms with van der Waals surface area (Å²) >= 11 is 10.7. The number of thiazole rings is 3. The van der Waals surface area contributed by atoms with E-state index in [0.717, 1.165) is 52.9 Å². The largest absolute Gasteiger partial charge is 0.464 e. The van der Waals surface area contributed by atoms with Crippen LogP contribution >= 0.6 is 45.6 Å². The molecule has 3 aromatic carbocycles. The molecule has 3 aromatic heterocycles. The van der Waals surface area contributed by atoms with Crippen LogP contribution in [0.25, 0.3) is 31.3 Å². The standard InChI is InChI=1S/C13H13NO2S.C12H12ClNS.C12H13NOS/c1-8-5-4-6-10(7-8)12-11(13(15)16-3)14-9(2)17-12;1-8-4-3-5-10(6-8)12-11(7-13)14-9(2)15-12;1-8-4-3-5-10(6-8)12-11(7-14)13-9(2)15-12/h4-7H,1-3H3;3-6H,7H2,1-2H3;3-6,14H,7H2,1-2H3. The maximum atomic E-state index is 11.6. The number of methoxy groups -OCH3 is 1. The van der Waals surface area contributed by atoms with Crippen LogP contribution in [0.2, 0.25) is 0 Å². The Bertz CT molecular complexity index is 1870. The lowest BCUT2D eigenvalue weighted by atomic mass is 10.1. The Morgan fingerprint density at radius 3 is 1.49 bits per heavy atom. The molecule has 0 aliphatic rings. The van der Waals surface area contributed by atoms with Gasteiger partial charge in [0.25, 0.3) is 0 Å². The molecule has 0 unspecified atom stereocenters. The predicted octanol–water partition coefficient (Wildman–Crippen LogP) is 10.3. The Morgan fingerprint density at radius 2 is 1.06 bits per heavy atom. The van der Waals surface area contributed by atoms with E-state index in [-0.39, 0.29) is 12.6 Å². The normalized spacial score (nSPS) is 10.5. The first-order valence-corrected chi connectivity index (χ1v) is 17.9. The van der Waals surface area contributed by atoms with Gasteiger partial charge in [0.2, 0.25) is 0 Å². The first-order chi connectivity index (χ1) is 22.5. The molecule has 0 spiro atoms. The first kappa shape index (κ1) is 36.1. The molecule has 3 heterocycles. The monoisotopic (exact) mass is 703 g/mol. The highest BCUT2D eigenvalue weighted by Crippen LogP contribution is 2.33. The lowest BCUT2D eigenvalue weighted by molar-refractivity contribution is 0.0595. The number of alkyl halides is 1. The summed E-state index contributed by atoms with van der Waals surface area (Å²) in [6.07, 6.45) is 0. The third kappa shape index (κ3) is 9.65. The molecule has 244 valence electrons. The second-order valence-corrected chi connectivity index (χ2v) is 14.7. The van der Waals surface area contributed by atoms with Crippen LogP contribution in [0, 0.1) is 41.5 Å². The molecule has 6 rings (SSSR count). The zero-order chi connectivity index (χ0) is 34.1. The minimum Gasteiger partial charge on any atom is -0.464 e. The smallest absolute Gasteiger partial charge is 0.358 e. The van der Waals surface area contributed by atoms with E-state index in [2.05, 4.69) is 71.3 Å². The zero-order valence-corrected chi connectivity index (χ0v) is 30.8. The predicted molar refractivity (Wildman–Crippen MR) is 198 cm³/mol. The molecule has 0 saturated heterocycles. The summed E-state index contributed by atoms with van der Waals surface area (Å²) < 4.78 is 4.75. The summed E-state index contributed by atoms with van der Waals surface area (Å²) in [5.41, 5.74) is 9.19. The molecule has 6 nitrogen and oxygen atoms in total. The van der Waals surface area contributed by atoms with E-state index in [1.165, 1.54) is 40.0 Å². The Balaban J connectivity index is 0.000000160. The number of aliphatic hydroxyl groups is 1. The molecule has 0 amide bonds. The molecule has 0 radical (unpaired) electrons. The number of hydrogen-bond donors (Lipinski definition) is 1. The van der Waals surface area contributed by atoms with Crippen LogP contribution in [0.5, 0.6) is 0 Å². The van der Waals surface area contributed by atoms with Crippen molar-refractivity contribution >= 4 is 51.6 Å². The minimum absolute atomic E-state index is 0.00755. The number of carbonyl (C=O) groups is 1. The summed E-state index contributed by atoms with van der Waals surface area (Å²) in [6, 6.07) is 24.7. The van der Waals surface area contributed by atoms with Gasteiger partial charge >= 0.3 is 5.97 Å². The van der Waals surface area contributed by atoms with Crippen LogP contribution in [0.4, 0.5) is 0 Å². The second-order valence-electron chi connectivity index (χ2n) is 10.8. The van der Waals surface area contributed by atoms with Gasteiger partial charge in [-0.2, -0.15) is 0 Å². The number of carbonyl (C=O) groups excluding carboxylic acids is 1. The molecule has 0 fully saturated rings. The summed E-state index contributed by atoms with van der Waals surface area (Å²) in [7, 11) is 1.37.